The molecule has 14 heavy (non-hydrogen) atoms. The maximum atomic E-state index is 3.70. The molecule has 0 bridgehead atoms. The van der Waals surface area contributed by atoms with Crippen molar-refractivity contribution >= 4 is 0 Å². The maximum Gasteiger partial charge on any atom is 0.00708 e. The summed E-state index contributed by atoms with van der Waals surface area (Å²) in [4.78, 5) is 0. The number of hydrogen-bond donors (Lipinski definition) is 1. The van der Waals surface area contributed by atoms with Crippen molar-refractivity contribution in [2.75, 3.05) is 0 Å². The van der Waals surface area contributed by atoms with Crippen LogP contribution in [0, 0.1) is 11.8 Å². The molecule has 1 nitrogen and oxygen atoms in total. The van der Waals surface area contributed by atoms with Gasteiger partial charge < -0.3 is 5.32 Å². The summed E-state index contributed by atoms with van der Waals surface area (Å²) < 4.78 is 0. The summed E-state index contributed by atoms with van der Waals surface area (Å²) >= 11 is 0. The Bertz CT molecular complexity index is 151. The van der Waals surface area contributed by atoms with Crippen molar-refractivity contribution in [2.24, 2.45) is 11.8 Å². The van der Waals surface area contributed by atoms with E-state index in [-0.39, 0.29) is 0 Å². The highest BCUT2D eigenvalue weighted by Crippen LogP contribution is 2.24. The molecule has 0 aromatic rings. The Hall–Kier alpha value is -0.0400. The van der Waals surface area contributed by atoms with Gasteiger partial charge in [-0.15, -0.1) is 0 Å². The average molecular weight is 197 g/mol. The molecular formula is C13H27N. The van der Waals surface area contributed by atoms with E-state index in [4.69, 9.17) is 0 Å². The molecular weight excluding hydrogens is 170 g/mol. The summed E-state index contributed by atoms with van der Waals surface area (Å²) in [7, 11) is 0. The first-order valence-corrected chi connectivity index (χ1v) is 6.39. The summed E-state index contributed by atoms with van der Waals surface area (Å²) in [5.41, 5.74) is 0. The quantitative estimate of drug-likeness (QED) is 0.657. The van der Waals surface area contributed by atoms with Crippen LogP contribution in [0.15, 0.2) is 0 Å². The Kier molecular flexibility index (Phi) is 4.94. The lowest BCUT2D eigenvalue weighted by atomic mass is 9.89. The Morgan fingerprint density at radius 2 is 1.86 bits per heavy atom. The minimum atomic E-state index is 0.710. The van der Waals surface area contributed by atoms with Crippen LogP contribution in [-0.2, 0) is 0 Å². The van der Waals surface area contributed by atoms with Crippen LogP contribution < -0.4 is 5.32 Å². The molecule has 0 saturated heterocycles. The molecule has 1 fully saturated rings. The van der Waals surface area contributed by atoms with E-state index in [1.54, 1.807) is 0 Å². The van der Waals surface area contributed by atoms with Crippen LogP contribution in [0.2, 0.25) is 0 Å². The van der Waals surface area contributed by atoms with Crippen LogP contribution in [0.1, 0.15) is 59.8 Å². The largest absolute Gasteiger partial charge is 0.311 e. The van der Waals surface area contributed by atoms with Crippen molar-refractivity contribution in [3.63, 3.8) is 0 Å². The van der Waals surface area contributed by atoms with E-state index in [1.165, 1.54) is 32.1 Å². The van der Waals surface area contributed by atoms with Gasteiger partial charge in [-0.25, -0.2) is 0 Å². The number of nitrogens with one attached hydrogen (secondary N) is 1. The Labute approximate surface area is 89.7 Å². The summed E-state index contributed by atoms with van der Waals surface area (Å²) in [5.74, 6) is 1.73. The molecule has 0 amide bonds. The lowest BCUT2D eigenvalue weighted by molar-refractivity contribution is 0.317. The molecule has 0 aromatic carbocycles. The maximum absolute atomic E-state index is 3.70. The Morgan fingerprint density at radius 3 is 2.36 bits per heavy atom. The van der Waals surface area contributed by atoms with Crippen molar-refractivity contribution in [1.29, 1.82) is 0 Å². The van der Waals surface area contributed by atoms with Crippen molar-refractivity contribution in [2.45, 2.75) is 71.9 Å². The molecule has 1 heteroatoms. The van der Waals surface area contributed by atoms with E-state index in [1.807, 2.05) is 0 Å². The fraction of sp³-hybridized carbons (Fsp3) is 1.00. The second kappa shape index (κ2) is 5.75. The average Bonchev–Trinajstić information content (AvgIpc) is 2.88. The molecule has 0 aromatic heterocycles. The first-order valence-electron chi connectivity index (χ1n) is 6.39. The van der Waals surface area contributed by atoms with E-state index in [9.17, 15) is 0 Å². The van der Waals surface area contributed by atoms with Gasteiger partial charge in [0.15, 0.2) is 0 Å². The predicted octanol–water partition coefficient (Wildman–Crippen LogP) is 3.59. The molecule has 1 N–H and O–H groups in total. The van der Waals surface area contributed by atoms with Crippen LogP contribution >= 0.6 is 0 Å². The first-order chi connectivity index (χ1) is 6.63. The van der Waals surface area contributed by atoms with Crippen LogP contribution in [0.5, 0.6) is 0 Å². The van der Waals surface area contributed by atoms with Crippen molar-refractivity contribution < 1.29 is 0 Å². The van der Waals surface area contributed by atoms with Gasteiger partial charge in [0.1, 0.15) is 0 Å². The third-order valence-corrected chi connectivity index (χ3v) is 3.49. The van der Waals surface area contributed by atoms with E-state index in [0.29, 0.717) is 6.04 Å². The smallest absolute Gasteiger partial charge is 0.00708 e. The monoisotopic (exact) mass is 197 g/mol. The highest BCUT2D eigenvalue weighted by Gasteiger charge is 2.25. The Balaban J connectivity index is 2.14. The van der Waals surface area contributed by atoms with Gasteiger partial charge in [0, 0.05) is 12.1 Å². The van der Waals surface area contributed by atoms with Gasteiger partial charge in [-0.2, -0.15) is 0 Å². The Morgan fingerprint density at radius 1 is 1.21 bits per heavy atom. The molecule has 0 radical (unpaired) electrons. The van der Waals surface area contributed by atoms with Crippen LogP contribution in [-0.4, -0.2) is 12.1 Å². The van der Waals surface area contributed by atoms with Gasteiger partial charge in [0.05, 0.1) is 0 Å². The normalized spacial score (nSPS) is 23.1. The molecule has 1 aliphatic rings. The van der Waals surface area contributed by atoms with Crippen LogP contribution in [0.25, 0.3) is 0 Å². The fourth-order valence-corrected chi connectivity index (χ4v) is 2.24. The zero-order valence-corrected chi connectivity index (χ0v) is 10.3. The van der Waals surface area contributed by atoms with Gasteiger partial charge in [-0.3, -0.25) is 0 Å². The van der Waals surface area contributed by atoms with Crippen molar-refractivity contribution in [3.8, 4) is 0 Å². The van der Waals surface area contributed by atoms with Crippen molar-refractivity contribution in [3.05, 3.63) is 0 Å². The third kappa shape index (κ3) is 4.45. The minimum absolute atomic E-state index is 0.710. The number of rotatable bonds is 7. The van der Waals surface area contributed by atoms with E-state index < -0.39 is 0 Å². The minimum Gasteiger partial charge on any atom is -0.311 e. The molecule has 3 unspecified atom stereocenters. The second-order valence-electron chi connectivity index (χ2n) is 5.34. The highest BCUT2D eigenvalue weighted by atomic mass is 15.0. The lowest BCUT2D eigenvalue weighted by Crippen LogP contribution is -2.34. The van der Waals surface area contributed by atoms with E-state index in [2.05, 4.69) is 33.0 Å². The van der Waals surface area contributed by atoms with Crippen LogP contribution in [0.4, 0.5) is 0 Å². The second-order valence-corrected chi connectivity index (χ2v) is 5.34. The van der Waals surface area contributed by atoms with Crippen molar-refractivity contribution in [1.82, 2.24) is 5.32 Å². The molecule has 84 valence electrons. The summed E-state index contributed by atoms with van der Waals surface area (Å²) in [6, 6.07) is 1.57. The van der Waals surface area contributed by atoms with E-state index >= 15 is 0 Å². The SMILES string of the molecule is CCCC(C)CC(C)C(C)NC1CC1. The van der Waals surface area contributed by atoms with Gasteiger partial charge in [0.25, 0.3) is 0 Å². The lowest BCUT2D eigenvalue weighted by Gasteiger charge is -2.24. The topological polar surface area (TPSA) is 12.0 Å². The summed E-state index contributed by atoms with van der Waals surface area (Å²) in [5, 5.41) is 3.70. The van der Waals surface area contributed by atoms with Gasteiger partial charge in [0.2, 0.25) is 0 Å². The molecule has 0 spiro atoms. The molecule has 1 rings (SSSR count). The summed E-state index contributed by atoms with van der Waals surface area (Å²) in [6.07, 6.45) is 6.91. The van der Waals surface area contributed by atoms with Gasteiger partial charge in [-0.05, 0) is 38.0 Å². The standard InChI is InChI=1S/C13H27N/c1-5-6-10(2)9-11(3)12(4)14-13-7-8-13/h10-14H,5-9H2,1-4H3. The molecule has 1 saturated carbocycles. The zero-order valence-electron chi connectivity index (χ0n) is 10.3. The zero-order chi connectivity index (χ0) is 10.6. The highest BCUT2D eigenvalue weighted by molar-refractivity contribution is 4.85. The van der Waals surface area contributed by atoms with Gasteiger partial charge >= 0.3 is 0 Å². The van der Waals surface area contributed by atoms with Crippen LogP contribution in [0.3, 0.4) is 0 Å². The molecule has 0 aliphatic heterocycles. The molecule has 0 heterocycles. The first kappa shape index (κ1) is 12.0. The molecule has 1 aliphatic carbocycles. The van der Waals surface area contributed by atoms with Gasteiger partial charge in [-0.1, -0.05) is 33.6 Å². The summed E-state index contributed by atoms with van der Waals surface area (Å²) in [6.45, 7) is 9.42. The third-order valence-electron chi connectivity index (χ3n) is 3.49. The van der Waals surface area contributed by atoms with E-state index in [0.717, 1.165) is 17.9 Å². The predicted molar refractivity (Wildman–Crippen MR) is 63.5 cm³/mol. The molecule has 3 atom stereocenters. The fourth-order valence-electron chi connectivity index (χ4n) is 2.24. The number of hydrogen-bond acceptors (Lipinski definition) is 1.